The zero-order chi connectivity index (χ0) is 36.9. The lowest BCUT2D eigenvalue weighted by Gasteiger charge is -2.62. The summed E-state index contributed by atoms with van der Waals surface area (Å²) in [7, 11) is 0. The number of fused-ring (bicyclic) bond motifs is 2. The van der Waals surface area contributed by atoms with Gasteiger partial charge in [0.05, 0.1) is 40.1 Å². The third-order valence-corrected chi connectivity index (χ3v) is 10.7. The van der Waals surface area contributed by atoms with Crippen molar-refractivity contribution in [1.82, 2.24) is 0 Å². The first-order chi connectivity index (χ1) is 22.6. The number of benzene rings is 1. The van der Waals surface area contributed by atoms with Gasteiger partial charge in [-0.15, -0.1) is 0 Å². The molecule has 0 spiro atoms. The van der Waals surface area contributed by atoms with Crippen LogP contribution < -0.4 is 0 Å². The third-order valence-electron chi connectivity index (χ3n) is 10.7. The number of hydrogen-bond acceptors (Lipinski definition) is 14. The van der Waals surface area contributed by atoms with Crippen molar-refractivity contribution >= 4 is 29.8 Å². The van der Waals surface area contributed by atoms with Gasteiger partial charge in [-0.25, -0.2) is 4.79 Å². The Kier molecular flexibility index (Phi) is 10.4. The van der Waals surface area contributed by atoms with Crippen LogP contribution in [-0.2, 0) is 42.9 Å². The molecular formula is C35H46O14. The van der Waals surface area contributed by atoms with Gasteiger partial charge in [0.25, 0.3) is 0 Å². The number of aliphatic hydroxyl groups excluding tert-OH is 2. The monoisotopic (exact) mass is 690 g/mol. The fourth-order valence-corrected chi connectivity index (χ4v) is 8.46. The van der Waals surface area contributed by atoms with E-state index < -0.39 is 107 Å². The average molecular weight is 691 g/mol. The second-order valence-corrected chi connectivity index (χ2v) is 14.0. The van der Waals surface area contributed by atoms with Crippen LogP contribution in [0.5, 0.6) is 0 Å². The summed E-state index contributed by atoms with van der Waals surface area (Å²) in [4.78, 5) is 64.2. The third kappa shape index (κ3) is 6.24. The van der Waals surface area contributed by atoms with Crippen molar-refractivity contribution in [2.45, 2.75) is 116 Å². The van der Waals surface area contributed by atoms with E-state index in [2.05, 4.69) is 0 Å². The molecule has 14 nitrogen and oxygen atoms in total. The number of rotatable bonds is 8. The topological polar surface area (TPSA) is 212 Å². The molecular weight excluding hydrogens is 644 g/mol. The fourth-order valence-electron chi connectivity index (χ4n) is 8.46. The molecule has 0 aromatic heterocycles. The van der Waals surface area contributed by atoms with Crippen LogP contribution in [-0.4, -0.2) is 105 Å². The first-order valence-electron chi connectivity index (χ1n) is 16.1. The van der Waals surface area contributed by atoms with Crippen LogP contribution in [0.1, 0.15) is 78.6 Å². The van der Waals surface area contributed by atoms with Crippen LogP contribution >= 0.6 is 0 Å². The zero-order valence-electron chi connectivity index (χ0n) is 28.9. The first-order valence-corrected chi connectivity index (χ1v) is 16.1. The van der Waals surface area contributed by atoms with Gasteiger partial charge in [0.1, 0.15) is 24.4 Å². The van der Waals surface area contributed by atoms with Gasteiger partial charge >= 0.3 is 29.8 Å². The summed E-state index contributed by atoms with van der Waals surface area (Å²) >= 11 is 0. The van der Waals surface area contributed by atoms with Crippen molar-refractivity contribution in [1.29, 1.82) is 0 Å². The molecule has 3 aliphatic rings. The van der Waals surface area contributed by atoms with E-state index in [0.29, 0.717) is 0 Å². The van der Waals surface area contributed by atoms with Gasteiger partial charge in [0.15, 0.2) is 12.2 Å². The highest BCUT2D eigenvalue weighted by Gasteiger charge is 2.80. The SMILES string of the molecule is CC(=O)OC[C@H]1[C@H](OC(C)=O)C[C@@H](OC(C)=O)[C@@]2(C)[C@H](OC(C)=O)[C@@H](OC(=O)c3ccccc3)C3=C(C)[C@@H](O)C[C@@]3(C(C)(C)O)[C@@H](O)[C@]12O. The molecule has 0 bridgehead atoms. The van der Waals surface area contributed by atoms with Gasteiger partial charge in [-0.05, 0) is 57.4 Å². The molecule has 1 aromatic rings. The molecule has 3 aliphatic carbocycles. The lowest BCUT2D eigenvalue weighted by Crippen LogP contribution is -2.77. The zero-order valence-corrected chi connectivity index (χ0v) is 28.9. The molecule has 1 aromatic carbocycles. The molecule has 4 rings (SSSR count). The Morgan fingerprint density at radius 2 is 1.45 bits per heavy atom. The molecule has 0 unspecified atom stereocenters. The predicted molar refractivity (Wildman–Crippen MR) is 168 cm³/mol. The maximum atomic E-state index is 13.9. The van der Waals surface area contributed by atoms with E-state index in [1.54, 1.807) is 18.2 Å². The highest BCUT2D eigenvalue weighted by atomic mass is 16.6. The largest absolute Gasteiger partial charge is 0.465 e. The van der Waals surface area contributed by atoms with E-state index in [9.17, 15) is 44.4 Å². The molecule has 4 N–H and O–H groups in total. The van der Waals surface area contributed by atoms with E-state index >= 15 is 0 Å². The molecule has 2 fully saturated rings. The van der Waals surface area contributed by atoms with Crippen molar-refractivity contribution < 1.29 is 68.1 Å². The van der Waals surface area contributed by atoms with E-state index in [4.69, 9.17) is 23.7 Å². The average Bonchev–Trinajstić information content (AvgIpc) is 3.24. The molecule has 10 atom stereocenters. The summed E-state index contributed by atoms with van der Waals surface area (Å²) < 4.78 is 28.9. The molecule has 0 saturated heterocycles. The maximum absolute atomic E-state index is 13.9. The lowest BCUT2D eigenvalue weighted by molar-refractivity contribution is -0.316. The van der Waals surface area contributed by atoms with Gasteiger partial charge in [-0.2, -0.15) is 0 Å². The quantitative estimate of drug-likeness (QED) is 0.173. The number of carbonyl (C=O) groups excluding carboxylic acids is 5. The number of esters is 5. The van der Waals surface area contributed by atoms with Crippen molar-refractivity contribution in [3.63, 3.8) is 0 Å². The Hall–Kier alpha value is -3.85. The molecule has 49 heavy (non-hydrogen) atoms. The van der Waals surface area contributed by atoms with Crippen molar-refractivity contribution in [2.75, 3.05) is 6.61 Å². The molecule has 2 saturated carbocycles. The molecule has 0 radical (unpaired) electrons. The van der Waals surface area contributed by atoms with Crippen molar-refractivity contribution in [3.05, 3.63) is 47.0 Å². The van der Waals surface area contributed by atoms with Crippen molar-refractivity contribution in [2.24, 2.45) is 16.7 Å². The second kappa shape index (κ2) is 13.5. The Balaban J connectivity index is 2.19. The number of carbonyl (C=O) groups is 5. The highest BCUT2D eigenvalue weighted by Crippen LogP contribution is 2.67. The van der Waals surface area contributed by atoms with Gasteiger partial charge in [-0.1, -0.05) is 18.2 Å². The minimum atomic E-state index is -2.76. The van der Waals surface area contributed by atoms with Crippen molar-refractivity contribution in [3.8, 4) is 0 Å². The highest BCUT2D eigenvalue weighted by molar-refractivity contribution is 5.89. The summed E-state index contributed by atoms with van der Waals surface area (Å²) in [6, 6.07) is 7.81. The summed E-state index contributed by atoms with van der Waals surface area (Å²) in [6.45, 7) is 9.22. The van der Waals surface area contributed by atoms with Crippen LogP contribution in [0.15, 0.2) is 41.5 Å². The molecule has 14 heteroatoms. The van der Waals surface area contributed by atoms with E-state index in [0.717, 1.165) is 27.7 Å². The fraction of sp³-hybridized carbons (Fsp3) is 0.629. The van der Waals surface area contributed by atoms with Crippen LogP contribution in [0.4, 0.5) is 0 Å². The van der Waals surface area contributed by atoms with Gasteiger partial charge < -0.3 is 44.1 Å². The van der Waals surface area contributed by atoms with Crippen LogP contribution in [0, 0.1) is 16.7 Å². The summed E-state index contributed by atoms with van der Waals surface area (Å²) in [5.74, 6) is -5.80. The number of aliphatic hydroxyl groups is 4. The van der Waals surface area contributed by atoms with Gasteiger partial charge in [0.2, 0.25) is 0 Å². The van der Waals surface area contributed by atoms with Gasteiger partial charge in [-0.3, -0.25) is 19.2 Å². The summed E-state index contributed by atoms with van der Waals surface area (Å²) in [5.41, 5.74) is -8.81. The number of ether oxygens (including phenoxy) is 5. The van der Waals surface area contributed by atoms with Crippen LogP contribution in [0.25, 0.3) is 0 Å². The molecule has 0 amide bonds. The lowest BCUT2D eigenvalue weighted by atomic mass is 9.49. The van der Waals surface area contributed by atoms with Crippen LogP contribution in [0.2, 0.25) is 0 Å². The smallest absolute Gasteiger partial charge is 0.338 e. The van der Waals surface area contributed by atoms with E-state index in [1.165, 1.54) is 39.8 Å². The summed E-state index contributed by atoms with van der Waals surface area (Å²) in [6.07, 6.45) is -10.7. The first kappa shape index (κ1) is 38.0. The minimum absolute atomic E-state index is 0.0311. The number of hydrogen-bond donors (Lipinski definition) is 4. The van der Waals surface area contributed by atoms with Gasteiger partial charge in [0, 0.05) is 34.1 Å². The van der Waals surface area contributed by atoms with E-state index in [-0.39, 0.29) is 23.1 Å². The second-order valence-electron chi connectivity index (χ2n) is 14.0. The Morgan fingerprint density at radius 3 is 1.96 bits per heavy atom. The Morgan fingerprint density at radius 1 is 0.878 bits per heavy atom. The normalized spacial score (nSPS) is 35.6. The van der Waals surface area contributed by atoms with Crippen LogP contribution in [0.3, 0.4) is 0 Å². The standard InChI is InChI=1S/C35H46O14/c1-17-24(40)15-34(32(6,7)43)27(17)28(49-30(41)22-12-10-9-11-13-22)29(48-21(5)39)33(8)26(47-20(4)38)14-25(46-19(3)37)23(16-45-18(2)36)35(33,44)31(34)42/h9-13,23-26,28-29,31,40,42-44H,14-16H2,1-8H3/t23-,24-,25+,26+,28-,29+,31+,33-,34-,35+/m0/s1. The minimum Gasteiger partial charge on any atom is -0.465 e. The Bertz CT molecular complexity index is 1510. The molecule has 270 valence electrons. The van der Waals surface area contributed by atoms with E-state index in [1.807, 2.05) is 0 Å². The summed E-state index contributed by atoms with van der Waals surface area (Å²) in [5, 5.41) is 49.9. The molecule has 0 aliphatic heterocycles. The Labute approximate surface area is 284 Å². The molecule has 0 heterocycles. The predicted octanol–water partition coefficient (Wildman–Crippen LogP) is 1.54. The maximum Gasteiger partial charge on any atom is 0.338 e.